The van der Waals surface area contributed by atoms with Gasteiger partial charge in [-0.15, -0.1) is 0 Å². The van der Waals surface area contributed by atoms with E-state index in [9.17, 15) is 0 Å². The lowest BCUT2D eigenvalue weighted by molar-refractivity contribution is 0.416. The Kier molecular flexibility index (Phi) is 5.26. The van der Waals surface area contributed by atoms with Gasteiger partial charge in [0.1, 0.15) is 5.75 Å². The van der Waals surface area contributed by atoms with Crippen LogP contribution in [0.4, 0.5) is 5.69 Å². The number of hydrogen-bond donors (Lipinski definition) is 1. The third-order valence-corrected chi connectivity index (χ3v) is 3.75. The van der Waals surface area contributed by atoms with Crippen molar-refractivity contribution in [3.63, 3.8) is 0 Å². The molecular formula is C19H25NO. The Morgan fingerprint density at radius 1 is 1.10 bits per heavy atom. The minimum atomic E-state index is 0.247. The molecule has 112 valence electrons. The summed E-state index contributed by atoms with van der Waals surface area (Å²) in [5.41, 5.74) is 4.93. The quantitative estimate of drug-likeness (QED) is 0.793. The predicted octanol–water partition coefficient (Wildman–Crippen LogP) is 5.13. The second kappa shape index (κ2) is 7.16. The average Bonchev–Trinajstić information content (AvgIpc) is 2.50. The van der Waals surface area contributed by atoms with Gasteiger partial charge in [-0.3, -0.25) is 0 Å². The van der Waals surface area contributed by atoms with Crippen molar-refractivity contribution in [2.45, 2.75) is 39.7 Å². The average molecular weight is 283 g/mol. The number of aryl methyl sites for hydroxylation is 2. The van der Waals surface area contributed by atoms with E-state index in [1.165, 1.54) is 23.1 Å². The SMILES string of the molecule is CCCc1ccc(C(C)Nc2ccc(C)cc2OC)cc1. The summed E-state index contributed by atoms with van der Waals surface area (Å²) in [6, 6.07) is 15.4. The van der Waals surface area contributed by atoms with Gasteiger partial charge in [-0.1, -0.05) is 43.7 Å². The van der Waals surface area contributed by atoms with Crippen molar-refractivity contribution in [3.8, 4) is 5.75 Å². The molecule has 2 rings (SSSR count). The lowest BCUT2D eigenvalue weighted by atomic mass is 10.0. The van der Waals surface area contributed by atoms with Crippen molar-refractivity contribution < 1.29 is 4.74 Å². The second-order valence-corrected chi connectivity index (χ2v) is 5.56. The van der Waals surface area contributed by atoms with Gasteiger partial charge in [-0.25, -0.2) is 0 Å². The van der Waals surface area contributed by atoms with Crippen molar-refractivity contribution in [2.24, 2.45) is 0 Å². The molecule has 2 nitrogen and oxygen atoms in total. The first-order chi connectivity index (χ1) is 10.1. The third kappa shape index (κ3) is 4.01. The molecule has 1 N–H and O–H groups in total. The van der Waals surface area contributed by atoms with Crippen LogP contribution in [0.15, 0.2) is 42.5 Å². The van der Waals surface area contributed by atoms with Crippen molar-refractivity contribution in [1.29, 1.82) is 0 Å². The van der Waals surface area contributed by atoms with Gasteiger partial charge in [-0.2, -0.15) is 0 Å². The number of nitrogens with one attached hydrogen (secondary N) is 1. The summed E-state index contributed by atoms with van der Waals surface area (Å²) >= 11 is 0. The maximum atomic E-state index is 5.45. The first-order valence-electron chi connectivity index (χ1n) is 7.64. The summed E-state index contributed by atoms with van der Waals surface area (Å²) in [5, 5.41) is 3.53. The summed E-state index contributed by atoms with van der Waals surface area (Å²) in [6.45, 7) is 6.46. The normalized spacial score (nSPS) is 12.0. The van der Waals surface area contributed by atoms with Gasteiger partial charge in [-0.05, 0) is 49.1 Å². The lowest BCUT2D eigenvalue weighted by Crippen LogP contribution is -2.07. The number of anilines is 1. The van der Waals surface area contributed by atoms with Gasteiger partial charge >= 0.3 is 0 Å². The Morgan fingerprint density at radius 2 is 1.81 bits per heavy atom. The number of rotatable bonds is 6. The number of methoxy groups -OCH3 is 1. The molecule has 21 heavy (non-hydrogen) atoms. The maximum absolute atomic E-state index is 5.45. The summed E-state index contributed by atoms with van der Waals surface area (Å²) in [4.78, 5) is 0. The van der Waals surface area contributed by atoms with E-state index >= 15 is 0 Å². The van der Waals surface area contributed by atoms with Gasteiger partial charge in [0.15, 0.2) is 0 Å². The molecule has 0 aliphatic rings. The maximum Gasteiger partial charge on any atom is 0.142 e. The zero-order valence-corrected chi connectivity index (χ0v) is 13.4. The van der Waals surface area contributed by atoms with E-state index < -0.39 is 0 Å². The van der Waals surface area contributed by atoms with Crippen LogP contribution in [-0.2, 0) is 6.42 Å². The van der Waals surface area contributed by atoms with Crippen LogP contribution in [0.2, 0.25) is 0 Å². The van der Waals surface area contributed by atoms with Crippen LogP contribution < -0.4 is 10.1 Å². The Bertz CT molecular complexity index is 575. The molecule has 0 heterocycles. The van der Waals surface area contributed by atoms with Gasteiger partial charge in [0, 0.05) is 6.04 Å². The summed E-state index contributed by atoms with van der Waals surface area (Å²) in [7, 11) is 1.71. The Balaban J connectivity index is 2.12. The molecule has 1 unspecified atom stereocenters. The van der Waals surface area contributed by atoms with Crippen molar-refractivity contribution in [2.75, 3.05) is 12.4 Å². The van der Waals surface area contributed by atoms with Gasteiger partial charge in [0.05, 0.1) is 12.8 Å². The van der Waals surface area contributed by atoms with Crippen molar-refractivity contribution >= 4 is 5.69 Å². The van der Waals surface area contributed by atoms with Gasteiger partial charge in [0.25, 0.3) is 0 Å². The smallest absolute Gasteiger partial charge is 0.142 e. The molecule has 0 bridgehead atoms. The fourth-order valence-corrected chi connectivity index (χ4v) is 2.50. The van der Waals surface area contributed by atoms with Crippen molar-refractivity contribution in [3.05, 3.63) is 59.2 Å². The topological polar surface area (TPSA) is 21.3 Å². The van der Waals surface area contributed by atoms with E-state index in [-0.39, 0.29) is 6.04 Å². The van der Waals surface area contributed by atoms with E-state index in [1.54, 1.807) is 7.11 Å². The molecule has 2 heteroatoms. The molecule has 0 aliphatic heterocycles. The molecular weight excluding hydrogens is 258 g/mol. The van der Waals surface area contributed by atoms with Crippen LogP contribution in [0.1, 0.15) is 43.0 Å². The molecule has 0 amide bonds. The van der Waals surface area contributed by atoms with Crippen LogP contribution in [0.25, 0.3) is 0 Å². The monoisotopic (exact) mass is 283 g/mol. The first-order valence-corrected chi connectivity index (χ1v) is 7.64. The van der Waals surface area contributed by atoms with Crippen molar-refractivity contribution in [1.82, 2.24) is 0 Å². The molecule has 2 aromatic carbocycles. The highest BCUT2D eigenvalue weighted by molar-refractivity contribution is 5.58. The zero-order valence-electron chi connectivity index (χ0n) is 13.4. The fourth-order valence-electron chi connectivity index (χ4n) is 2.50. The molecule has 0 fully saturated rings. The van der Waals surface area contributed by atoms with Gasteiger partial charge < -0.3 is 10.1 Å². The number of benzene rings is 2. The van der Waals surface area contributed by atoms with Crippen LogP contribution in [0.5, 0.6) is 5.75 Å². The van der Waals surface area contributed by atoms with E-state index in [0.717, 1.165) is 17.9 Å². The highest BCUT2D eigenvalue weighted by atomic mass is 16.5. The summed E-state index contributed by atoms with van der Waals surface area (Å²) < 4.78 is 5.45. The molecule has 0 saturated heterocycles. The predicted molar refractivity (Wildman–Crippen MR) is 90.2 cm³/mol. The Hall–Kier alpha value is -1.96. The third-order valence-electron chi connectivity index (χ3n) is 3.75. The molecule has 0 spiro atoms. The highest BCUT2D eigenvalue weighted by Crippen LogP contribution is 2.29. The molecule has 1 atom stereocenters. The molecule has 0 aromatic heterocycles. The van der Waals surface area contributed by atoms with Crippen LogP contribution >= 0.6 is 0 Å². The zero-order chi connectivity index (χ0) is 15.2. The number of ether oxygens (including phenoxy) is 1. The minimum absolute atomic E-state index is 0.247. The van der Waals surface area contributed by atoms with Crippen LogP contribution in [-0.4, -0.2) is 7.11 Å². The fraction of sp³-hybridized carbons (Fsp3) is 0.368. The Labute approximate surface area is 128 Å². The molecule has 2 aromatic rings. The van der Waals surface area contributed by atoms with Crippen LogP contribution in [0, 0.1) is 6.92 Å². The first kappa shape index (κ1) is 15.4. The largest absolute Gasteiger partial charge is 0.495 e. The van der Waals surface area contributed by atoms with Gasteiger partial charge in [0.2, 0.25) is 0 Å². The lowest BCUT2D eigenvalue weighted by Gasteiger charge is -2.18. The molecule has 0 radical (unpaired) electrons. The van der Waals surface area contributed by atoms with E-state index in [1.807, 2.05) is 0 Å². The Morgan fingerprint density at radius 3 is 2.43 bits per heavy atom. The molecule has 0 aliphatic carbocycles. The standard InChI is InChI=1S/C19H25NO/c1-5-6-16-8-10-17(11-9-16)15(3)20-18-12-7-14(2)13-19(18)21-4/h7-13,15,20H,5-6H2,1-4H3. The number of hydrogen-bond acceptors (Lipinski definition) is 2. The summed E-state index contributed by atoms with van der Waals surface area (Å²) in [6.07, 6.45) is 2.33. The highest BCUT2D eigenvalue weighted by Gasteiger charge is 2.09. The van der Waals surface area contributed by atoms with E-state index in [2.05, 4.69) is 68.6 Å². The van der Waals surface area contributed by atoms with Crippen LogP contribution in [0.3, 0.4) is 0 Å². The van der Waals surface area contributed by atoms with E-state index in [0.29, 0.717) is 0 Å². The van der Waals surface area contributed by atoms with E-state index in [4.69, 9.17) is 4.74 Å². The summed E-state index contributed by atoms with van der Waals surface area (Å²) in [5.74, 6) is 0.893. The minimum Gasteiger partial charge on any atom is -0.495 e. The molecule has 0 saturated carbocycles. The second-order valence-electron chi connectivity index (χ2n) is 5.56.